The number of hydrogen-bond acceptors (Lipinski definition) is 2. The molecule has 1 fully saturated rings. The number of allylic oxidation sites excluding steroid dienone is 2. The van der Waals surface area contributed by atoms with Crippen molar-refractivity contribution < 1.29 is 0 Å². The highest BCUT2D eigenvalue weighted by Crippen LogP contribution is 2.29. The maximum absolute atomic E-state index is 2.64. The van der Waals surface area contributed by atoms with E-state index in [1.807, 2.05) is 0 Å². The molecule has 144 valence electrons. The lowest BCUT2D eigenvalue weighted by Crippen LogP contribution is -2.37. The van der Waals surface area contributed by atoms with Crippen LogP contribution in [0.1, 0.15) is 45.1 Å². The van der Waals surface area contributed by atoms with Crippen molar-refractivity contribution in [1.82, 2.24) is 4.90 Å². The van der Waals surface area contributed by atoms with Crippen LogP contribution in [-0.2, 0) is 6.42 Å². The maximum Gasteiger partial charge on any atom is 0.0478 e. The van der Waals surface area contributed by atoms with E-state index in [-0.39, 0.29) is 0 Å². The number of nitrogens with zero attached hydrogens (tertiary/aromatic N) is 2. The average molecular weight is 363 g/mol. The van der Waals surface area contributed by atoms with Crippen LogP contribution in [0.4, 0.5) is 5.69 Å². The number of likely N-dealkylation sites (tertiary alicyclic amines) is 1. The van der Waals surface area contributed by atoms with Gasteiger partial charge in [0.2, 0.25) is 0 Å². The second kappa shape index (κ2) is 10.3. The quantitative estimate of drug-likeness (QED) is 0.547. The monoisotopic (exact) mass is 362 g/mol. The van der Waals surface area contributed by atoms with Crippen LogP contribution >= 0.6 is 0 Å². The van der Waals surface area contributed by atoms with Gasteiger partial charge in [-0.05, 0) is 43.4 Å². The molecule has 2 nitrogen and oxygen atoms in total. The molecule has 2 aromatic rings. The van der Waals surface area contributed by atoms with Crippen molar-refractivity contribution in [2.45, 2.75) is 52.0 Å². The maximum atomic E-state index is 2.64. The summed E-state index contributed by atoms with van der Waals surface area (Å²) in [7, 11) is 0. The summed E-state index contributed by atoms with van der Waals surface area (Å²) < 4.78 is 0. The van der Waals surface area contributed by atoms with E-state index in [1.54, 1.807) is 0 Å². The van der Waals surface area contributed by atoms with Crippen LogP contribution in [-0.4, -0.2) is 30.6 Å². The van der Waals surface area contributed by atoms with Gasteiger partial charge in [0.25, 0.3) is 0 Å². The number of benzene rings is 2. The van der Waals surface area contributed by atoms with E-state index in [0.717, 1.165) is 32.4 Å². The largest absolute Gasteiger partial charge is 0.341 e. The van der Waals surface area contributed by atoms with Gasteiger partial charge < -0.3 is 9.80 Å². The molecule has 1 aliphatic heterocycles. The van der Waals surface area contributed by atoms with Crippen LogP contribution in [0.15, 0.2) is 72.4 Å². The van der Waals surface area contributed by atoms with E-state index in [4.69, 9.17) is 0 Å². The predicted molar refractivity (Wildman–Crippen MR) is 117 cm³/mol. The molecule has 1 heterocycles. The van der Waals surface area contributed by atoms with Crippen molar-refractivity contribution in [2.75, 3.05) is 24.5 Å². The Hall–Kier alpha value is -2.06. The van der Waals surface area contributed by atoms with Crippen LogP contribution < -0.4 is 4.90 Å². The van der Waals surface area contributed by atoms with E-state index >= 15 is 0 Å². The third kappa shape index (κ3) is 5.46. The second-order valence-corrected chi connectivity index (χ2v) is 7.54. The minimum atomic E-state index is 0.576. The summed E-state index contributed by atoms with van der Waals surface area (Å²) in [6.07, 6.45) is 8.27. The number of rotatable bonds is 9. The lowest BCUT2D eigenvalue weighted by molar-refractivity contribution is 0.338. The summed E-state index contributed by atoms with van der Waals surface area (Å²) in [6, 6.07) is 22.4. The highest BCUT2D eigenvalue weighted by molar-refractivity contribution is 5.53. The van der Waals surface area contributed by atoms with Gasteiger partial charge in [-0.25, -0.2) is 0 Å². The van der Waals surface area contributed by atoms with E-state index in [0.29, 0.717) is 6.04 Å². The molecule has 1 saturated heterocycles. The smallest absolute Gasteiger partial charge is 0.0478 e. The van der Waals surface area contributed by atoms with Crippen LogP contribution in [0.5, 0.6) is 0 Å². The molecule has 0 N–H and O–H groups in total. The first-order valence-corrected chi connectivity index (χ1v) is 10.6. The molecule has 0 spiro atoms. The summed E-state index contributed by atoms with van der Waals surface area (Å²) >= 11 is 0. The lowest BCUT2D eigenvalue weighted by Gasteiger charge is -2.34. The Bertz CT molecular complexity index is 693. The SMILES string of the molecule is CC/C=C(/CCC)N(c1ccccc1)C1CCN(CCc2ccccc2)C1. The molecule has 1 unspecified atom stereocenters. The van der Waals surface area contributed by atoms with Crippen molar-refractivity contribution in [3.05, 3.63) is 78.0 Å². The van der Waals surface area contributed by atoms with Gasteiger partial charge in [0.15, 0.2) is 0 Å². The van der Waals surface area contributed by atoms with E-state index < -0.39 is 0 Å². The highest BCUT2D eigenvalue weighted by Gasteiger charge is 2.29. The molecule has 0 aromatic heterocycles. The highest BCUT2D eigenvalue weighted by atomic mass is 15.3. The van der Waals surface area contributed by atoms with Gasteiger partial charge in [-0.3, -0.25) is 0 Å². The van der Waals surface area contributed by atoms with Gasteiger partial charge >= 0.3 is 0 Å². The first kappa shape index (κ1) is 19.7. The Kier molecular flexibility index (Phi) is 7.53. The zero-order valence-corrected chi connectivity index (χ0v) is 17.0. The molecule has 0 bridgehead atoms. The van der Waals surface area contributed by atoms with Gasteiger partial charge in [-0.1, -0.05) is 74.9 Å². The van der Waals surface area contributed by atoms with Crippen LogP contribution in [0, 0.1) is 0 Å². The van der Waals surface area contributed by atoms with Crippen molar-refractivity contribution in [1.29, 1.82) is 0 Å². The lowest BCUT2D eigenvalue weighted by atomic mass is 10.1. The van der Waals surface area contributed by atoms with Crippen LogP contribution in [0.2, 0.25) is 0 Å². The molecule has 0 saturated carbocycles. The third-order valence-electron chi connectivity index (χ3n) is 5.46. The van der Waals surface area contributed by atoms with Gasteiger partial charge in [0.1, 0.15) is 0 Å². The van der Waals surface area contributed by atoms with Crippen LogP contribution in [0.3, 0.4) is 0 Å². The van der Waals surface area contributed by atoms with Gasteiger partial charge in [0, 0.05) is 37.1 Å². The van der Waals surface area contributed by atoms with Crippen LogP contribution in [0.25, 0.3) is 0 Å². The molecule has 3 rings (SSSR count). The molecule has 0 aliphatic carbocycles. The summed E-state index contributed by atoms with van der Waals surface area (Å²) in [5.41, 5.74) is 4.29. The Morgan fingerprint density at radius 2 is 1.74 bits per heavy atom. The Morgan fingerprint density at radius 1 is 1.04 bits per heavy atom. The first-order valence-electron chi connectivity index (χ1n) is 10.6. The zero-order valence-electron chi connectivity index (χ0n) is 17.0. The summed E-state index contributed by atoms with van der Waals surface area (Å²) in [4.78, 5) is 5.28. The number of hydrogen-bond donors (Lipinski definition) is 0. The first-order chi connectivity index (χ1) is 13.3. The predicted octanol–water partition coefficient (Wildman–Crippen LogP) is 5.90. The Balaban J connectivity index is 1.70. The molecule has 2 heteroatoms. The number of para-hydroxylation sites is 1. The minimum Gasteiger partial charge on any atom is -0.341 e. The third-order valence-corrected chi connectivity index (χ3v) is 5.46. The van der Waals surface area contributed by atoms with E-state index in [1.165, 1.54) is 36.3 Å². The fourth-order valence-electron chi connectivity index (χ4n) is 4.17. The van der Waals surface area contributed by atoms with Crippen molar-refractivity contribution in [3.8, 4) is 0 Å². The summed E-state index contributed by atoms with van der Waals surface area (Å²) in [5, 5.41) is 0. The standard InChI is InChI=1S/C25H34N2/c1-3-11-23(12-4-2)27(24-15-9-6-10-16-24)25-18-20-26(21-25)19-17-22-13-7-5-8-14-22/h5-11,13-16,25H,3-4,12,17-21H2,1-2H3/b23-11-. The zero-order chi connectivity index (χ0) is 18.9. The molecular weight excluding hydrogens is 328 g/mol. The Labute approximate surface area is 165 Å². The van der Waals surface area contributed by atoms with Gasteiger partial charge in [0.05, 0.1) is 0 Å². The van der Waals surface area contributed by atoms with Gasteiger partial charge in [-0.2, -0.15) is 0 Å². The number of anilines is 1. The molecule has 2 aromatic carbocycles. The second-order valence-electron chi connectivity index (χ2n) is 7.54. The fourth-order valence-corrected chi connectivity index (χ4v) is 4.17. The molecule has 0 amide bonds. The summed E-state index contributed by atoms with van der Waals surface area (Å²) in [5.74, 6) is 0. The van der Waals surface area contributed by atoms with Crippen molar-refractivity contribution in [2.24, 2.45) is 0 Å². The Morgan fingerprint density at radius 3 is 2.41 bits per heavy atom. The topological polar surface area (TPSA) is 6.48 Å². The van der Waals surface area contributed by atoms with Crippen molar-refractivity contribution >= 4 is 5.69 Å². The average Bonchev–Trinajstić information content (AvgIpc) is 3.17. The van der Waals surface area contributed by atoms with E-state index in [2.05, 4.69) is 90.4 Å². The molecule has 27 heavy (non-hydrogen) atoms. The van der Waals surface area contributed by atoms with Gasteiger partial charge in [-0.15, -0.1) is 0 Å². The molecule has 1 aliphatic rings. The molecular formula is C25H34N2. The van der Waals surface area contributed by atoms with E-state index in [9.17, 15) is 0 Å². The minimum absolute atomic E-state index is 0.576. The summed E-state index contributed by atoms with van der Waals surface area (Å²) in [6.45, 7) is 8.05. The van der Waals surface area contributed by atoms with Crippen molar-refractivity contribution in [3.63, 3.8) is 0 Å². The fraction of sp³-hybridized carbons (Fsp3) is 0.440. The molecule has 0 radical (unpaired) electrons. The normalized spacial score (nSPS) is 18.0. The molecule has 1 atom stereocenters.